The Morgan fingerprint density at radius 3 is 2.83 bits per heavy atom. The van der Waals surface area contributed by atoms with Crippen molar-refractivity contribution in [1.29, 1.82) is 0 Å². The van der Waals surface area contributed by atoms with Crippen molar-refractivity contribution in [2.45, 2.75) is 30.7 Å². The third-order valence-corrected chi connectivity index (χ3v) is 4.94. The molecule has 3 aromatic heterocycles. The van der Waals surface area contributed by atoms with Crippen LogP contribution in [-0.2, 0) is 13.5 Å². The molecule has 7 heteroatoms. The van der Waals surface area contributed by atoms with E-state index in [9.17, 15) is 0 Å². The summed E-state index contributed by atoms with van der Waals surface area (Å²) >= 11 is 7.44. The monoisotopic (exact) mass is 347 g/mol. The van der Waals surface area contributed by atoms with Crippen molar-refractivity contribution in [2.24, 2.45) is 7.05 Å². The first-order valence-corrected chi connectivity index (χ1v) is 8.64. The number of rotatable bonds is 4. The molecule has 0 saturated carbocycles. The average molecular weight is 348 g/mol. The van der Waals surface area contributed by atoms with Crippen molar-refractivity contribution >= 4 is 40.1 Å². The van der Waals surface area contributed by atoms with E-state index >= 15 is 0 Å². The lowest BCUT2D eigenvalue weighted by molar-refractivity contribution is 0.937. The van der Waals surface area contributed by atoms with Crippen LogP contribution in [0.3, 0.4) is 0 Å². The Kier molecular flexibility index (Phi) is 4.46. The molecule has 2 N–H and O–H groups in total. The molecule has 1 atom stereocenters. The van der Waals surface area contributed by atoms with Crippen molar-refractivity contribution in [3.8, 4) is 0 Å². The quantitative estimate of drug-likeness (QED) is 0.438. The Morgan fingerprint density at radius 2 is 2.13 bits per heavy atom. The van der Waals surface area contributed by atoms with E-state index in [0.717, 1.165) is 17.6 Å². The van der Waals surface area contributed by atoms with Crippen molar-refractivity contribution in [3.05, 3.63) is 40.9 Å². The number of hydrogen-bond acceptors (Lipinski definition) is 5. The van der Waals surface area contributed by atoms with E-state index in [1.165, 1.54) is 28.8 Å². The van der Waals surface area contributed by atoms with E-state index in [2.05, 4.69) is 45.6 Å². The van der Waals surface area contributed by atoms with Gasteiger partial charge in [0.25, 0.3) is 0 Å². The smallest absolute Gasteiger partial charge is 0.191 e. The number of nitrogens with two attached hydrogens (primary N) is 1. The van der Waals surface area contributed by atoms with E-state index < -0.39 is 0 Å². The predicted molar refractivity (Wildman–Crippen MR) is 95.8 cm³/mol. The molecule has 23 heavy (non-hydrogen) atoms. The summed E-state index contributed by atoms with van der Waals surface area (Å²) in [7, 11) is 2.05. The van der Waals surface area contributed by atoms with Crippen LogP contribution in [0.25, 0.3) is 10.9 Å². The largest absolute Gasteiger partial charge is 0.384 e. The Hall–Kier alpha value is -1.79. The number of aromatic nitrogens is 4. The maximum atomic E-state index is 5.94. The highest BCUT2D eigenvalue weighted by Crippen LogP contribution is 2.34. The number of halogens is 1. The second-order valence-corrected chi connectivity index (χ2v) is 7.10. The van der Waals surface area contributed by atoms with Gasteiger partial charge in [-0.05, 0) is 25.0 Å². The molecule has 0 bridgehead atoms. The Balaban J connectivity index is 1.92. The van der Waals surface area contributed by atoms with Crippen molar-refractivity contribution < 1.29 is 0 Å². The summed E-state index contributed by atoms with van der Waals surface area (Å²) < 4.78 is 2.11. The fraction of sp³-hybridized carbons (Fsp3) is 0.312. The first-order chi connectivity index (χ1) is 11.0. The summed E-state index contributed by atoms with van der Waals surface area (Å²) in [5, 5.41) is 2.27. The Bertz CT molecular complexity index is 841. The van der Waals surface area contributed by atoms with Crippen LogP contribution >= 0.6 is 23.4 Å². The molecule has 3 heterocycles. The van der Waals surface area contributed by atoms with Gasteiger partial charge in [0.2, 0.25) is 0 Å². The average Bonchev–Trinajstić information content (AvgIpc) is 2.82. The van der Waals surface area contributed by atoms with Crippen LogP contribution in [-0.4, -0.2) is 19.5 Å². The van der Waals surface area contributed by atoms with Gasteiger partial charge in [-0.25, -0.2) is 9.97 Å². The zero-order valence-electron chi connectivity index (χ0n) is 13.2. The van der Waals surface area contributed by atoms with Gasteiger partial charge in [0.05, 0.1) is 22.7 Å². The molecule has 0 radical (unpaired) electrons. The highest BCUT2D eigenvalue weighted by molar-refractivity contribution is 7.99. The maximum Gasteiger partial charge on any atom is 0.191 e. The number of nitrogens with zero attached hydrogens (tertiary/aromatic N) is 4. The summed E-state index contributed by atoms with van der Waals surface area (Å²) in [4.78, 5) is 13.0. The van der Waals surface area contributed by atoms with Gasteiger partial charge < -0.3 is 10.3 Å². The molecule has 0 aromatic carbocycles. The topological polar surface area (TPSA) is 69.6 Å². The van der Waals surface area contributed by atoms with Crippen LogP contribution in [0.5, 0.6) is 0 Å². The molecule has 3 rings (SSSR count). The van der Waals surface area contributed by atoms with Gasteiger partial charge in [-0.2, -0.15) is 0 Å². The van der Waals surface area contributed by atoms with Gasteiger partial charge >= 0.3 is 0 Å². The maximum absolute atomic E-state index is 5.94. The minimum absolute atomic E-state index is 0.0992. The molecule has 5 nitrogen and oxygen atoms in total. The number of pyridine rings is 1. The summed E-state index contributed by atoms with van der Waals surface area (Å²) in [6.45, 7) is 4.24. The molecule has 1 unspecified atom stereocenters. The molecule has 0 aliphatic heterocycles. The molecule has 0 fully saturated rings. The van der Waals surface area contributed by atoms with Gasteiger partial charge in [0, 0.05) is 24.7 Å². The van der Waals surface area contributed by atoms with E-state index in [1.54, 1.807) is 0 Å². The first-order valence-electron chi connectivity index (χ1n) is 7.38. The third-order valence-electron chi connectivity index (χ3n) is 3.75. The summed E-state index contributed by atoms with van der Waals surface area (Å²) in [5.41, 5.74) is 9.18. The third kappa shape index (κ3) is 3.28. The molecule has 120 valence electrons. The highest BCUT2D eigenvalue weighted by Gasteiger charge is 2.14. The Morgan fingerprint density at radius 1 is 1.35 bits per heavy atom. The van der Waals surface area contributed by atoms with E-state index in [4.69, 9.17) is 17.3 Å². The second kappa shape index (κ2) is 6.37. The van der Waals surface area contributed by atoms with Crippen molar-refractivity contribution in [1.82, 2.24) is 19.5 Å². The number of anilines is 1. The lowest BCUT2D eigenvalue weighted by Crippen LogP contribution is -1.98. The van der Waals surface area contributed by atoms with Crippen LogP contribution in [0.4, 0.5) is 5.82 Å². The first kappa shape index (κ1) is 16.1. The van der Waals surface area contributed by atoms with Crippen LogP contribution in [0.15, 0.2) is 29.7 Å². The number of fused-ring (bicyclic) bond motifs is 1. The highest BCUT2D eigenvalue weighted by atomic mass is 35.5. The zero-order valence-corrected chi connectivity index (χ0v) is 14.8. The number of nitrogen functional groups attached to an aromatic ring is 1. The fourth-order valence-electron chi connectivity index (χ4n) is 2.56. The summed E-state index contributed by atoms with van der Waals surface area (Å²) in [6.07, 6.45) is 5.08. The van der Waals surface area contributed by atoms with Gasteiger partial charge in [-0.3, -0.25) is 4.98 Å². The van der Waals surface area contributed by atoms with Crippen LogP contribution < -0.4 is 5.73 Å². The molecule has 3 aromatic rings. The Labute approximate surface area is 144 Å². The van der Waals surface area contributed by atoms with Gasteiger partial charge in [0.15, 0.2) is 5.16 Å². The van der Waals surface area contributed by atoms with Gasteiger partial charge in [-0.1, -0.05) is 30.3 Å². The molecule has 0 amide bonds. The lowest BCUT2D eigenvalue weighted by Gasteiger charge is -2.10. The normalized spacial score (nSPS) is 12.7. The van der Waals surface area contributed by atoms with Crippen molar-refractivity contribution in [2.75, 3.05) is 5.73 Å². The van der Waals surface area contributed by atoms with Crippen LogP contribution in [0.2, 0.25) is 5.15 Å². The van der Waals surface area contributed by atoms with E-state index in [-0.39, 0.29) is 5.25 Å². The lowest BCUT2D eigenvalue weighted by atomic mass is 10.1. The van der Waals surface area contributed by atoms with Crippen LogP contribution in [0, 0.1) is 0 Å². The van der Waals surface area contributed by atoms with Gasteiger partial charge in [0.1, 0.15) is 11.0 Å². The summed E-state index contributed by atoms with van der Waals surface area (Å²) in [6, 6.07) is 3.69. The fourth-order valence-corrected chi connectivity index (χ4v) is 3.68. The van der Waals surface area contributed by atoms with E-state index in [0.29, 0.717) is 16.1 Å². The predicted octanol–water partition coefficient (Wildman–Crippen LogP) is 4.01. The SMILES string of the molecule is CCc1cn(C)c2cnc(C(C)Sc3nc(N)cc(Cl)n3)cc12. The number of hydrogen-bond donors (Lipinski definition) is 1. The minimum atomic E-state index is 0.0992. The van der Waals surface area contributed by atoms with E-state index in [1.807, 2.05) is 13.2 Å². The molecule has 0 aliphatic rings. The molecule has 0 spiro atoms. The molecule has 0 aliphatic carbocycles. The molecular formula is C16H18ClN5S. The van der Waals surface area contributed by atoms with Crippen molar-refractivity contribution in [3.63, 3.8) is 0 Å². The number of thioether (sulfide) groups is 1. The standard InChI is InChI=1S/C16H18ClN5S/c1-4-10-8-22(3)13-7-19-12(5-11(10)13)9(2)23-16-20-14(17)6-15(18)21-16/h5-9H,4H2,1-3H3,(H2,18,20,21). The molecule has 0 saturated heterocycles. The zero-order chi connectivity index (χ0) is 16.6. The minimum Gasteiger partial charge on any atom is -0.384 e. The van der Waals surface area contributed by atoms with Gasteiger partial charge in [-0.15, -0.1) is 0 Å². The number of aryl methyl sites for hydroxylation is 2. The summed E-state index contributed by atoms with van der Waals surface area (Å²) in [5.74, 6) is 0.374. The second-order valence-electron chi connectivity index (χ2n) is 5.40. The van der Waals surface area contributed by atoms with Crippen LogP contribution in [0.1, 0.15) is 30.4 Å². The molecular weight excluding hydrogens is 330 g/mol.